The standard InChI is InChI=1S/C16H19N3O4S/c1-3-24(21,22)13-8-6-12(7-9-13)16(20)19-10-4-5-14(19)15-17-11(2)23-18-15/h6-9,14H,3-5,10H2,1-2H3/t14-/m1/s1. The van der Waals surface area contributed by atoms with E-state index in [9.17, 15) is 13.2 Å². The highest BCUT2D eigenvalue weighted by molar-refractivity contribution is 7.91. The minimum atomic E-state index is -3.27. The van der Waals surface area contributed by atoms with Gasteiger partial charge in [0.15, 0.2) is 15.7 Å². The number of likely N-dealkylation sites (tertiary alicyclic amines) is 1. The summed E-state index contributed by atoms with van der Waals surface area (Å²) in [4.78, 5) is 18.9. The molecule has 1 aliphatic rings. The van der Waals surface area contributed by atoms with Gasteiger partial charge in [0.1, 0.15) is 0 Å². The van der Waals surface area contributed by atoms with Gasteiger partial charge in [-0.3, -0.25) is 4.79 Å². The van der Waals surface area contributed by atoms with Crippen LogP contribution in [0.2, 0.25) is 0 Å². The summed E-state index contributed by atoms with van der Waals surface area (Å²) < 4.78 is 28.7. The fraction of sp³-hybridized carbons (Fsp3) is 0.438. The van der Waals surface area contributed by atoms with Crippen molar-refractivity contribution >= 4 is 15.7 Å². The van der Waals surface area contributed by atoms with E-state index in [2.05, 4.69) is 10.1 Å². The Hall–Kier alpha value is -2.22. The Kier molecular flexibility index (Phi) is 4.40. The van der Waals surface area contributed by atoms with Gasteiger partial charge in [0.2, 0.25) is 5.89 Å². The Balaban J connectivity index is 1.83. The van der Waals surface area contributed by atoms with Crippen LogP contribution in [0.4, 0.5) is 0 Å². The third-order valence-electron chi connectivity index (χ3n) is 4.20. The number of rotatable bonds is 4. The van der Waals surface area contributed by atoms with E-state index in [0.29, 0.717) is 23.8 Å². The third kappa shape index (κ3) is 3.06. The number of aromatic nitrogens is 2. The molecule has 1 amide bonds. The lowest BCUT2D eigenvalue weighted by atomic mass is 10.1. The van der Waals surface area contributed by atoms with Crippen LogP contribution < -0.4 is 0 Å². The van der Waals surface area contributed by atoms with Gasteiger partial charge in [-0.05, 0) is 37.1 Å². The molecule has 1 aliphatic heterocycles. The van der Waals surface area contributed by atoms with E-state index >= 15 is 0 Å². The highest BCUT2D eigenvalue weighted by atomic mass is 32.2. The van der Waals surface area contributed by atoms with E-state index in [0.717, 1.165) is 12.8 Å². The normalized spacial score (nSPS) is 18.1. The molecular formula is C16H19N3O4S. The first kappa shape index (κ1) is 16.6. The molecule has 7 nitrogen and oxygen atoms in total. The number of amides is 1. The van der Waals surface area contributed by atoms with Crippen LogP contribution in [-0.2, 0) is 9.84 Å². The Morgan fingerprint density at radius 3 is 2.62 bits per heavy atom. The van der Waals surface area contributed by atoms with Crippen LogP contribution >= 0.6 is 0 Å². The van der Waals surface area contributed by atoms with Gasteiger partial charge in [0.25, 0.3) is 5.91 Å². The van der Waals surface area contributed by atoms with Gasteiger partial charge in [0, 0.05) is 19.0 Å². The first-order chi connectivity index (χ1) is 11.4. The Morgan fingerprint density at radius 1 is 1.33 bits per heavy atom. The summed E-state index contributed by atoms with van der Waals surface area (Å²) in [6.45, 7) is 3.92. The van der Waals surface area contributed by atoms with E-state index in [4.69, 9.17) is 4.52 Å². The number of hydrogen-bond donors (Lipinski definition) is 0. The lowest BCUT2D eigenvalue weighted by Crippen LogP contribution is -2.31. The number of nitrogens with zero attached hydrogens (tertiary/aromatic N) is 3. The van der Waals surface area contributed by atoms with Crippen LogP contribution in [-0.4, -0.2) is 41.7 Å². The highest BCUT2D eigenvalue weighted by Crippen LogP contribution is 2.31. The molecule has 0 saturated carbocycles. The molecule has 0 bridgehead atoms. The summed E-state index contributed by atoms with van der Waals surface area (Å²) in [6.07, 6.45) is 1.65. The van der Waals surface area contributed by atoms with Gasteiger partial charge in [0.05, 0.1) is 16.7 Å². The van der Waals surface area contributed by atoms with Crippen LogP contribution in [0.3, 0.4) is 0 Å². The molecule has 0 unspecified atom stereocenters. The second-order valence-corrected chi connectivity index (χ2v) is 8.03. The van der Waals surface area contributed by atoms with Crippen molar-refractivity contribution in [2.75, 3.05) is 12.3 Å². The van der Waals surface area contributed by atoms with Crippen molar-refractivity contribution in [3.05, 3.63) is 41.5 Å². The Labute approximate surface area is 140 Å². The van der Waals surface area contributed by atoms with Gasteiger partial charge < -0.3 is 9.42 Å². The van der Waals surface area contributed by atoms with Crippen LogP contribution in [0.15, 0.2) is 33.7 Å². The molecule has 128 valence electrons. The van der Waals surface area contributed by atoms with E-state index in [1.54, 1.807) is 30.9 Å². The maximum atomic E-state index is 12.8. The first-order valence-electron chi connectivity index (χ1n) is 7.86. The van der Waals surface area contributed by atoms with Crippen molar-refractivity contribution < 1.29 is 17.7 Å². The molecule has 0 radical (unpaired) electrons. The largest absolute Gasteiger partial charge is 0.340 e. The molecular weight excluding hydrogens is 330 g/mol. The van der Waals surface area contributed by atoms with Crippen molar-refractivity contribution in [3.8, 4) is 0 Å². The number of carbonyl (C=O) groups is 1. The zero-order chi connectivity index (χ0) is 17.3. The van der Waals surface area contributed by atoms with Gasteiger partial charge in [-0.25, -0.2) is 8.42 Å². The quantitative estimate of drug-likeness (QED) is 0.839. The summed E-state index contributed by atoms with van der Waals surface area (Å²) in [6, 6.07) is 5.88. The smallest absolute Gasteiger partial charge is 0.254 e. The van der Waals surface area contributed by atoms with Crippen molar-refractivity contribution in [2.45, 2.75) is 37.6 Å². The molecule has 2 heterocycles. The average molecular weight is 349 g/mol. The molecule has 1 saturated heterocycles. The van der Waals surface area contributed by atoms with E-state index < -0.39 is 9.84 Å². The molecule has 1 aromatic carbocycles. The fourth-order valence-corrected chi connectivity index (χ4v) is 3.75. The molecule has 0 aliphatic carbocycles. The zero-order valence-corrected chi connectivity index (χ0v) is 14.4. The summed E-state index contributed by atoms with van der Waals surface area (Å²) in [7, 11) is -3.27. The second kappa shape index (κ2) is 6.35. The summed E-state index contributed by atoms with van der Waals surface area (Å²) in [5.41, 5.74) is 0.456. The van der Waals surface area contributed by atoms with Crippen molar-refractivity contribution in [1.82, 2.24) is 15.0 Å². The predicted octanol–water partition coefficient (Wildman–Crippen LogP) is 2.15. The molecule has 3 rings (SSSR count). The van der Waals surface area contributed by atoms with Crippen molar-refractivity contribution in [2.24, 2.45) is 0 Å². The topological polar surface area (TPSA) is 93.4 Å². The molecule has 8 heteroatoms. The molecule has 1 aromatic heterocycles. The van der Waals surface area contributed by atoms with E-state index in [-0.39, 0.29) is 22.6 Å². The van der Waals surface area contributed by atoms with E-state index in [1.807, 2.05) is 0 Å². The van der Waals surface area contributed by atoms with Crippen LogP contribution in [0.25, 0.3) is 0 Å². The maximum absolute atomic E-state index is 12.8. The third-order valence-corrected chi connectivity index (χ3v) is 5.95. The van der Waals surface area contributed by atoms with Gasteiger partial charge in [-0.15, -0.1) is 0 Å². The number of aryl methyl sites for hydroxylation is 1. The van der Waals surface area contributed by atoms with Crippen LogP contribution in [0, 0.1) is 6.92 Å². The van der Waals surface area contributed by atoms with Gasteiger partial charge in [-0.2, -0.15) is 4.98 Å². The van der Waals surface area contributed by atoms with Crippen LogP contribution in [0.5, 0.6) is 0 Å². The number of hydrogen-bond acceptors (Lipinski definition) is 6. The predicted molar refractivity (Wildman–Crippen MR) is 86.2 cm³/mol. The van der Waals surface area contributed by atoms with Gasteiger partial charge >= 0.3 is 0 Å². The second-order valence-electron chi connectivity index (χ2n) is 5.76. The van der Waals surface area contributed by atoms with E-state index in [1.165, 1.54) is 12.1 Å². The molecule has 1 fully saturated rings. The molecule has 0 N–H and O–H groups in total. The Bertz CT molecular complexity index is 842. The summed E-state index contributed by atoms with van der Waals surface area (Å²) >= 11 is 0. The summed E-state index contributed by atoms with van der Waals surface area (Å²) in [5, 5.41) is 3.92. The number of benzene rings is 1. The Morgan fingerprint density at radius 2 is 2.04 bits per heavy atom. The minimum Gasteiger partial charge on any atom is -0.340 e. The highest BCUT2D eigenvalue weighted by Gasteiger charge is 2.33. The lowest BCUT2D eigenvalue weighted by molar-refractivity contribution is 0.0728. The number of carbonyl (C=O) groups excluding carboxylic acids is 1. The molecule has 24 heavy (non-hydrogen) atoms. The first-order valence-corrected chi connectivity index (χ1v) is 9.51. The fourth-order valence-electron chi connectivity index (χ4n) is 2.87. The number of sulfone groups is 1. The lowest BCUT2D eigenvalue weighted by Gasteiger charge is -2.22. The molecule has 2 aromatic rings. The van der Waals surface area contributed by atoms with Crippen molar-refractivity contribution in [1.29, 1.82) is 0 Å². The minimum absolute atomic E-state index is 0.0334. The van der Waals surface area contributed by atoms with Crippen LogP contribution in [0.1, 0.15) is 47.9 Å². The maximum Gasteiger partial charge on any atom is 0.254 e. The van der Waals surface area contributed by atoms with Gasteiger partial charge in [-0.1, -0.05) is 12.1 Å². The summed E-state index contributed by atoms with van der Waals surface area (Å²) in [5.74, 6) is 0.869. The zero-order valence-electron chi connectivity index (χ0n) is 13.6. The molecule has 0 spiro atoms. The SMILES string of the molecule is CCS(=O)(=O)c1ccc(C(=O)N2CCC[C@@H]2c2noc(C)n2)cc1. The van der Waals surface area contributed by atoms with Crippen molar-refractivity contribution in [3.63, 3.8) is 0 Å². The monoisotopic (exact) mass is 349 g/mol. The molecule has 1 atom stereocenters. The average Bonchev–Trinajstić information content (AvgIpc) is 3.23.